The van der Waals surface area contributed by atoms with Crippen molar-refractivity contribution in [2.75, 3.05) is 5.75 Å². The molecule has 0 aromatic carbocycles. The Morgan fingerprint density at radius 3 is 2.64 bits per heavy atom. The van der Waals surface area contributed by atoms with Gasteiger partial charge in [0.1, 0.15) is 0 Å². The van der Waals surface area contributed by atoms with Gasteiger partial charge in [0, 0.05) is 11.5 Å². The molecule has 1 N–H and O–H groups in total. The largest absolute Gasteiger partial charge is 0.212 e. The van der Waals surface area contributed by atoms with Gasteiger partial charge in [0.15, 0.2) is 0 Å². The lowest BCUT2D eigenvalue weighted by Gasteiger charge is -2.36. The Balaban J connectivity index is 2.13. The number of hydrogen-bond donors (Lipinski definition) is 1. The van der Waals surface area contributed by atoms with Crippen LogP contribution in [0.3, 0.4) is 0 Å². The Morgan fingerprint density at radius 1 is 1.36 bits per heavy atom. The van der Waals surface area contributed by atoms with E-state index in [2.05, 4.69) is 18.6 Å². The highest BCUT2D eigenvalue weighted by atomic mass is 32.2. The smallest absolute Gasteiger partial charge is 0.212 e. The Hall–Kier alpha value is -0.0900. The molecule has 0 amide bonds. The zero-order valence-electron chi connectivity index (χ0n) is 8.71. The Morgan fingerprint density at radius 2 is 2.07 bits per heavy atom. The molecule has 4 heteroatoms. The molecule has 2 unspecified atom stereocenters. The van der Waals surface area contributed by atoms with Crippen LogP contribution in [0.1, 0.15) is 33.1 Å². The van der Waals surface area contributed by atoms with Crippen molar-refractivity contribution in [3.8, 4) is 0 Å². The molecule has 0 radical (unpaired) electrons. The summed E-state index contributed by atoms with van der Waals surface area (Å²) < 4.78 is 26.0. The van der Waals surface area contributed by atoms with E-state index in [0.717, 1.165) is 18.8 Å². The summed E-state index contributed by atoms with van der Waals surface area (Å²) in [4.78, 5) is 0. The van der Waals surface area contributed by atoms with Crippen molar-refractivity contribution >= 4 is 10.0 Å². The van der Waals surface area contributed by atoms with Crippen molar-refractivity contribution < 1.29 is 8.42 Å². The normalized spacial score (nSPS) is 52.1. The maximum Gasteiger partial charge on any atom is 0.212 e. The van der Waals surface area contributed by atoms with Gasteiger partial charge in [-0.15, -0.1) is 0 Å². The quantitative estimate of drug-likeness (QED) is 0.658. The van der Waals surface area contributed by atoms with E-state index in [4.69, 9.17) is 0 Å². The zero-order valence-corrected chi connectivity index (χ0v) is 9.52. The molecule has 1 heterocycles. The number of hydrogen-bond acceptors (Lipinski definition) is 2. The lowest BCUT2D eigenvalue weighted by Crippen LogP contribution is -2.39. The highest BCUT2D eigenvalue weighted by molar-refractivity contribution is 7.89. The van der Waals surface area contributed by atoms with E-state index < -0.39 is 10.0 Å². The van der Waals surface area contributed by atoms with Gasteiger partial charge in [0.05, 0.1) is 5.75 Å². The molecule has 2 bridgehead atoms. The van der Waals surface area contributed by atoms with Crippen LogP contribution in [-0.4, -0.2) is 20.2 Å². The average molecular weight is 215 g/mol. The Kier molecular flexibility index (Phi) is 1.43. The van der Waals surface area contributed by atoms with E-state index in [1.807, 2.05) is 0 Å². The van der Waals surface area contributed by atoms with Gasteiger partial charge in [-0.3, -0.25) is 0 Å². The highest BCUT2D eigenvalue weighted by Crippen LogP contribution is 2.67. The van der Waals surface area contributed by atoms with Gasteiger partial charge in [-0.25, -0.2) is 13.1 Å². The Labute approximate surface area is 85.3 Å². The minimum absolute atomic E-state index is 0.0521. The summed E-state index contributed by atoms with van der Waals surface area (Å²) >= 11 is 0. The molecule has 3 atom stereocenters. The van der Waals surface area contributed by atoms with Crippen LogP contribution in [0.15, 0.2) is 0 Å². The molecule has 1 spiro atoms. The van der Waals surface area contributed by atoms with Crippen molar-refractivity contribution in [1.29, 1.82) is 0 Å². The molecule has 0 aromatic heterocycles. The summed E-state index contributed by atoms with van der Waals surface area (Å²) in [5.74, 6) is 1.10. The highest BCUT2D eigenvalue weighted by Gasteiger charge is 2.68. The summed E-state index contributed by atoms with van der Waals surface area (Å²) in [5.41, 5.74) is 0.269. The molecule has 1 aliphatic heterocycles. The molecule has 2 saturated carbocycles. The van der Waals surface area contributed by atoms with Crippen molar-refractivity contribution in [3.63, 3.8) is 0 Å². The molecule has 3 rings (SSSR count). The summed E-state index contributed by atoms with van der Waals surface area (Å²) in [7, 11) is -2.97. The fourth-order valence-corrected chi connectivity index (χ4v) is 6.42. The van der Waals surface area contributed by atoms with E-state index in [1.165, 1.54) is 6.42 Å². The Bertz CT molecular complexity index is 387. The van der Waals surface area contributed by atoms with E-state index in [-0.39, 0.29) is 16.9 Å². The molecule has 0 aromatic rings. The predicted molar refractivity (Wildman–Crippen MR) is 54.3 cm³/mol. The third kappa shape index (κ3) is 0.807. The van der Waals surface area contributed by atoms with Crippen LogP contribution in [0.4, 0.5) is 0 Å². The monoisotopic (exact) mass is 215 g/mol. The number of fused-ring (bicyclic) bond motifs is 1. The second kappa shape index (κ2) is 2.19. The first-order valence-corrected chi connectivity index (χ1v) is 7.03. The zero-order chi connectivity index (χ0) is 10.2. The molecule has 1 saturated heterocycles. The third-order valence-corrected chi connectivity index (χ3v) is 6.74. The summed E-state index contributed by atoms with van der Waals surface area (Å²) in [6.45, 7) is 4.51. The van der Waals surface area contributed by atoms with E-state index in [0.29, 0.717) is 5.75 Å². The van der Waals surface area contributed by atoms with Crippen LogP contribution in [0.5, 0.6) is 0 Å². The van der Waals surface area contributed by atoms with Gasteiger partial charge in [0.25, 0.3) is 0 Å². The van der Waals surface area contributed by atoms with Crippen molar-refractivity contribution in [1.82, 2.24) is 4.72 Å². The lowest BCUT2D eigenvalue weighted by molar-refractivity contribution is 0.146. The fraction of sp³-hybridized carbons (Fsp3) is 1.00. The first-order valence-electron chi connectivity index (χ1n) is 5.37. The number of sulfonamides is 1. The molecule has 14 heavy (non-hydrogen) atoms. The van der Waals surface area contributed by atoms with Crippen LogP contribution < -0.4 is 4.72 Å². The first-order chi connectivity index (χ1) is 6.37. The van der Waals surface area contributed by atoms with Crippen molar-refractivity contribution in [2.24, 2.45) is 16.7 Å². The van der Waals surface area contributed by atoms with Gasteiger partial charge < -0.3 is 0 Å². The van der Waals surface area contributed by atoms with Crippen LogP contribution in [0, 0.1) is 16.7 Å². The predicted octanol–water partition coefficient (Wildman–Crippen LogP) is 1.11. The van der Waals surface area contributed by atoms with Crippen molar-refractivity contribution in [3.05, 3.63) is 0 Å². The lowest BCUT2D eigenvalue weighted by atomic mass is 9.69. The minimum atomic E-state index is -2.97. The second-order valence-electron chi connectivity index (χ2n) is 5.78. The summed E-state index contributed by atoms with van der Waals surface area (Å²) in [5, 5.41) is 0. The molecule has 3 nitrogen and oxygen atoms in total. The molecular weight excluding hydrogens is 198 g/mol. The minimum Gasteiger partial charge on any atom is -0.212 e. The maximum absolute atomic E-state index is 11.6. The van der Waals surface area contributed by atoms with E-state index in [1.54, 1.807) is 0 Å². The van der Waals surface area contributed by atoms with E-state index in [9.17, 15) is 8.42 Å². The van der Waals surface area contributed by atoms with Gasteiger partial charge in [-0.05, 0) is 30.6 Å². The first kappa shape index (κ1) is 9.16. The molecule has 2 aliphatic carbocycles. The van der Waals surface area contributed by atoms with Gasteiger partial charge in [0.2, 0.25) is 10.0 Å². The topological polar surface area (TPSA) is 46.2 Å². The van der Waals surface area contributed by atoms with Gasteiger partial charge in [-0.1, -0.05) is 13.8 Å². The maximum atomic E-state index is 11.6. The van der Waals surface area contributed by atoms with Gasteiger partial charge >= 0.3 is 0 Å². The van der Waals surface area contributed by atoms with Crippen LogP contribution >= 0.6 is 0 Å². The van der Waals surface area contributed by atoms with E-state index >= 15 is 0 Å². The molecule has 3 aliphatic rings. The average Bonchev–Trinajstić information content (AvgIpc) is 2.50. The van der Waals surface area contributed by atoms with Crippen molar-refractivity contribution in [2.45, 2.75) is 39.2 Å². The van der Waals surface area contributed by atoms with Crippen LogP contribution in [0.25, 0.3) is 0 Å². The van der Waals surface area contributed by atoms with Gasteiger partial charge in [-0.2, -0.15) is 0 Å². The number of nitrogens with one attached hydrogen (secondary N) is 1. The van der Waals surface area contributed by atoms with Crippen LogP contribution in [0.2, 0.25) is 0 Å². The summed E-state index contributed by atoms with van der Waals surface area (Å²) in [6, 6.07) is 0.237. The SMILES string of the molecule is CC1(C)[C@@H]2CCC13CS(=O)(=O)NC3C2. The fourth-order valence-electron chi connectivity index (χ4n) is 4.18. The van der Waals surface area contributed by atoms with Crippen LogP contribution in [-0.2, 0) is 10.0 Å². The third-order valence-electron chi connectivity index (χ3n) is 5.20. The molecular formula is C10H17NO2S. The second-order valence-corrected chi connectivity index (χ2v) is 7.53. The number of rotatable bonds is 0. The molecule has 3 fully saturated rings. The standard InChI is InChI=1S/C10H17NO2S/c1-9(2)7-3-4-10(9)6-14(12,13)11-8(10)5-7/h7-8,11H,3-6H2,1-2H3/t7-,8?,10?/m1/s1. The molecule has 80 valence electrons. The summed E-state index contributed by atoms with van der Waals surface area (Å²) in [6.07, 6.45) is 3.38.